The number of halogens is 1. The number of benzene rings is 1. The lowest BCUT2D eigenvalue weighted by molar-refractivity contribution is 0.879. The second-order valence-electron chi connectivity index (χ2n) is 3.89. The van der Waals surface area contributed by atoms with Crippen molar-refractivity contribution in [2.24, 2.45) is 5.10 Å². The second kappa shape index (κ2) is 5.75. The lowest BCUT2D eigenvalue weighted by atomic mass is 10.1. The van der Waals surface area contributed by atoms with Crippen LogP contribution in [0.15, 0.2) is 38.6 Å². The zero-order chi connectivity index (χ0) is 13.8. The number of H-pyrrole nitrogens is 1. The van der Waals surface area contributed by atoms with Crippen molar-refractivity contribution >= 4 is 27.5 Å². The van der Waals surface area contributed by atoms with Crippen LogP contribution in [-0.4, -0.2) is 20.9 Å². The lowest BCUT2D eigenvalue weighted by Crippen LogP contribution is -2.16. The Morgan fingerprint density at radius 2 is 2.05 bits per heavy atom. The van der Waals surface area contributed by atoms with Gasteiger partial charge in [-0.05, 0) is 31.5 Å². The van der Waals surface area contributed by atoms with E-state index in [-0.39, 0.29) is 0 Å². The summed E-state index contributed by atoms with van der Waals surface area (Å²) in [4.78, 5) is 14.8. The van der Waals surface area contributed by atoms with Crippen LogP contribution in [-0.2, 0) is 0 Å². The third-order valence-corrected chi connectivity index (χ3v) is 3.00. The van der Waals surface area contributed by atoms with Crippen LogP contribution in [0.5, 0.6) is 0 Å². The number of aromatic amines is 1. The molecule has 7 heteroatoms. The highest BCUT2D eigenvalue weighted by Gasteiger charge is 2.02. The lowest BCUT2D eigenvalue weighted by Gasteiger charge is -2.04. The molecule has 0 atom stereocenters. The number of hydrogen-bond donors (Lipinski definition) is 2. The van der Waals surface area contributed by atoms with E-state index in [1.165, 1.54) is 0 Å². The fourth-order valence-electron chi connectivity index (χ4n) is 1.39. The van der Waals surface area contributed by atoms with Gasteiger partial charge in [0.15, 0.2) is 5.82 Å². The number of hydrazone groups is 1. The third-order valence-electron chi connectivity index (χ3n) is 2.47. The molecule has 19 heavy (non-hydrogen) atoms. The number of anilines is 1. The van der Waals surface area contributed by atoms with E-state index in [1.54, 1.807) is 6.92 Å². The van der Waals surface area contributed by atoms with Crippen molar-refractivity contribution in [3.63, 3.8) is 0 Å². The van der Waals surface area contributed by atoms with E-state index in [2.05, 4.69) is 41.6 Å². The van der Waals surface area contributed by atoms with Gasteiger partial charge in [-0.2, -0.15) is 15.2 Å². The minimum atomic E-state index is -0.510. The average Bonchev–Trinajstić information content (AvgIpc) is 2.40. The molecule has 0 bridgehead atoms. The summed E-state index contributed by atoms with van der Waals surface area (Å²) in [7, 11) is 0. The molecule has 2 aromatic rings. The van der Waals surface area contributed by atoms with E-state index in [4.69, 9.17) is 0 Å². The first-order valence-corrected chi connectivity index (χ1v) is 6.35. The summed E-state index contributed by atoms with van der Waals surface area (Å²) in [6.07, 6.45) is 0. The first-order valence-electron chi connectivity index (χ1n) is 5.56. The monoisotopic (exact) mass is 321 g/mol. The van der Waals surface area contributed by atoms with Gasteiger partial charge in [-0.3, -0.25) is 5.43 Å². The minimum Gasteiger partial charge on any atom is -0.259 e. The highest BCUT2D eigenvalue weighted by atomic mass is 79.9. The Morgan fingerprint density at radius 1 is 1.37 bits per heavy atom. The molecule has 0 aliphatic rings. The van der Waals surface area contributed by atoms with Crippen LogP contribution in [0.4, 0.5) is 5.82 Å². The van der Waals surface area contributed by atoms with Gasteiger partial charge in [0.05, 0.1) is 5.71 Å². The van der Waals surface area contributed by atoms with E-state index in [0.717, 1.165) is 15.7 Å². The van der Waals surface area contributed by atoms with Crippen molar-refractivity contribution < 1.29 is 0 Å². The van der Waals surface area contributed by atoms with Gasteiger partial charge in [0.2, 0.25) is 0 Å². The zero-order valence-electron chi connectivity index (χ0n) is 10.4. The number of aryl methyl sites for hydroxylation is 1. The van der Waals surface area contributed by atoms with E-state index >= 15 is 0 Å². The molecule has 0 spiro atoms. The molecule has 2 rings (SSSR count). The molecule has 1 aromatic heterocycles. The normalized spacial score (nSPS) is 11.4. The Bertz CT molecular complexity index is 663. The molecule has 0 unspecified atom stereocenters. The number of rotatable bonds is 3. The number of aromatic nitrogens is 3. The SMILES string of the molecule is CC(=NNc1nc(=O)[nH]nc1C)c1ccc(Br)cc1. The third kappa shape index (κ3) is 3.47. The number of nitrogens with one attached hydrogen (secondary N) is 2. The summed E-state index contributed by atoms with van der Waals surface area (Å²) in [5, 5.41) is 10.3. The predicted molar refractivity (Wildman–Crippen MR) is 77.4 cm³/mol. The molecule has 1 aromatic carbocycles. The standard InChI is InChI=1S/C12H12BrN5O/c1-7(9-3-5-10(13)6-4-9)15-17-11-8(2)16-18-12(19)14-11/h3-6H,1-2H3,(H2,14,17,18,19). The van der Waals surface area contributed by atoms with Gasteiger partial charge in [-0.25, -0.2) is 9.89 Å². The van der Waals surface area contributed by atoms with Crippen LogP contribution >= 0.6 is 15.9 Å². The number of hydrogen-bond acceptors (Lipinski definition) is 5. The molecular formula is C12H12BrN5O. The van der Waals surface area contributed by atoms with Gasteiger partial charge < -0.3 is 0 Å². The van der Waals surface area contributed by atoms with Crippen LogP contribution in [0.1, 0.15) is 18.2 Å². The van der Waals surface area contributed by atoms with Crippen molar-refractivity contribution in [2.75, 3.05) is 5.43 Å². The van der Waals surface area contributed by atoms with Crippen LogP contribution < -0.4 is 11.1 Å². The fraction of sp³-hybridized carbons (Fsp3) is 0.167. The molecular weight excluding hydrogens is 310 g/mol. The van der Waals surface area contributed by atoms with Crippen molar-refractivity contribution in [3.8, 4) is 0 Å². The molecule has 0 radical (unpaired) electrons. The maximum Gasteiger partial charge on any atom is 0.363 e. The first kappa shape index (κ1) is 13.4. The smallest absolute Gasteiger partial charge is 0.259 e. The maximum absolute atomic E-state index is 11.1. The van der Waals surface area contributed by atoms with E-state index < -0.39 is 5.69 Å². The molecule has 0 amide bonds. The van der Waals surface area contributed by atoms with Crippen molar-refractivity contribution in [3.05, 3.63) is 50.5 Å². The van der Waals surface area contributed by atoms with E-state index in [0.29, 0.717) is 11.5 Å². The van der Waals surface area contributed by atoms with Gasteiger partial charge in [0.25, 0.3) is 0 Å². The summed E-state index contributed by atoms with van der Waals surface area (Å²) >= 11 is 3.38. The van der Waals surface area contributed by atoms with Gasteiger partial charge in [0, 0.05) is 4.47 Å². The van der Waals surface area contributed by atoms with Crippen molar-refractivity contribution in [2.45, 2.75) is 13.8 Å². The maximum atomic E-state index is 11.1. The van der Waals surface area contributed by atoms with Gasteiger partial charge >= 0.3 is 5.69 Å². The molecule has 0 fully saturated rings. The van der Waals surface area contributed by atoms with Gasteiger partial charge in [-0.15, -0.1) is 0 Å². The van der Waals surface area contributed by atoms with Crippen molar-refractivity contribution in [1.82, 2.24) is 15.2 Å². The molecule has 0 saturated carbocycles. The van der Waals surface area contributed by atoms with Crippen LogP contribution in [0.2, 0.25) is 0 Å². The molecule has 0 aliphatic carbocycles. The molecule has 98 valence electrons. The Morgan fingerprint density at radius 3 is 2.74 bits per heavy atom. The number of nitrogens with zero attached hydrogens (tertiary/aromatic N) is 3. The Labute approximate surface area is 118 Å². The Hall–Kier alpha value is -2.02. The summed E-state index contributed by atoms with van der Waals surface area (Å²) < 4.78 is 1.01. The molecule has 0 saturated heterocycles. The molecule has 1 heterocycles. The molecule has 0 aliphatic heterocycles. The zero-order valence-corrected chi connectivity index (χ0v) is 12.0. The predicted octanol–water partition coefficient (Wildman–Crippen LogP) is 2.07. The summed E-state index contributed by atoms with van der Waals surface area (Å²) in [6.45, 7) is 3.60. The van der Waals surface area contributed by atoms with Crippen LogP contribution in [0, 0.1) is 6.92 Å². The summed E-state index contributed by atoms with van der Waals surface area (Å²) in [5.74, 6) is 0.347. The Balaban J connectivity index is 2.20. The highest BCUT2D eigenvalue weighted by molar-refractivity contribution is 9.10. The van der Waals surface area contributed by atoms with Gasteiger partial charge in [-0.1, -0.05) is 28.1 Å². The summed E-state index contributed by atoms with van der Waals surface area (Å²) in [6, 6.07) is 7.77. The Kier molecular flexibility index (Phi) is 4.06. The topological polar surface area (TPSA) is 83.0 Å². The largest absolute Gasteiger partial charge is 0.363 e. The molecule has 6 nitrogen and oxygen atoms in total. The second-order valence-corrected chi connectivity index (χ2v) is 4.81. The average molecular weight is 322 g/mol. The van der Waals surface area contributed by atoms with Crippen molar-refractivity contribution in [1.29, 1.82) is 0 Å². The van der Waals surface area contributed by atoms with Crippen LogP contribution in [0.3, 0.4) is 0 Å². The first-order chi connectivity index (χ1) is 9.06. The highest BCUT2D eigenvalue weighted by Crippen LogP contribution is 2.11. The van der Waals surface area contributed by atoms with Crippen LogP contribution in [0.25, 0.3) is 0 Å². The quantitative estimate of drug-likeness (QED) is 0.669. The van der Waals surface area contributed by atoms with Gasteiger partial charge in [0.1, 0.15) is 5.69 Å². The minimum absolute atomic E-state index is 0.347. The fourth-order valence-corrected chi connectivity index (χ4v) is 1.65. The van der Waals surface area contributed by atoms with E-state index in [1.807, 2.05) is 31.2 Å². The molecule has 2 N–H and O–H groups in total. The summed E-state index contributed by atoms with van der Waals surface area (Å²) in [5.41, 5.74) is 4.58. The van der Waals surface area contributed by atoms with E-state index in [9.17, 15) is 4.79 Å².